The van der Waals surface area contributed by atoms with Crippen LogP contribution in [0.2, 0.25) is 0 Å². The fraction of sp³-hybridized carbons (Fsp3) is 0.400. The van der Waals surface area contributed by atoms with E-state index in [1.165, 1.54) is 0 Å². The van der Waals surface area contributed by atoms with Crippen molar-refractivity contribution in [3.8, 4) is 5.82 Å². The second-order valence-electron chi connectivity index (χ2n) is 6.93. The number of fused-ring (bicyclic) bond motifs is 1. The first-order valence-corrected chi connectivity index (χ1v) is 8.92. The van der Waals surface area contributed by atoms with Gasteiger partial charge in [-0.3, -0.25) is 4.79 Å². The van der Waals surface area contributed by atoms with Crippen LogP contribution in [0.3, 0.4) is 0 Å². The Hall–Kier alpha value is -2.84. The van der Waals surface area contributed by atoms with E-state index >= 15 is 0 Å². The fourth-order valence-electron chi connectivity index (χ4n) is 3.52. The molecule has 1 amide bonds. The minimum atomic E-state index is -2.77. The first kappa shape index (κ1) is 15.1. The van der Waals surface area contributed by atoms with Crippen LogP contribution in [0.1, 0.15) is 34.3 Å². The van der Waals surface area contributed by atoms with Crippen LogP contribution in [-0.2, 0) is 19.9 Å². The molecule has 1 saturated heterocycles. The highest BCUT2D eigenvalue weighted by Crippen LogP contribution is 2.34. The quantitative estimate of drug-likeness (QED) is 0.744. The number of amides is 1. The number of aromatic nitrogens is 4. The van der Waals surface area contributed by atoms with Crippen LogP contribution in [0.5, 0.6) is 0 Å². The minimum Gasteiger partial charge on any atom is -0.378 e. The van der Waals surface area contributed by atoms with Crippen molar-refractivity contribution in [3.63, 3.8) is 0 Å². The average Bonchev–Trinajstić information content (AvgIpc) is 3.32. The number of hydrogen-bond donors (Lipinski definition) is 1. The van der Waals surface area contributed by atoms with Crippen molar-refractivity contribution in [2.75, 3.05) is 25.6 Å². The molecule has 1 fully saturated rings. The maximum absolute atomic E-state index is 11.9. The zero-order chi connectivity index (χ0) is 22.4. The SMILES string of the molecule is [2H]C([2H])([2H])C(=O)Nc1cc2c(cn1)c(C)nn2-c1cc(C)cc([C@]2(OC)CCOC2)n1. The van der Waals surface area contributed by atoms with E-state index in [4.69, 9.17) is 18.6 Å². The molecule has 0 aromatic carbocycles. The Bertz CT molecular complexity index is 1150. The number of anilines is 1. The largest absolute Gasteiger partial charge is 0.378 e. The molecule has 8 nitrogen and oxygen atoms in total. The first-order chi connectivity index (χ1) is 14.6. The highest BCUT2D eigenvalue weighted by Gasteiger charge is 2.38. The van der Waals surface area contributed by atoms with Gasteiger partial charge in [0.05, 0.1) is 23.5 Å². The molecule has 4 rings (SSSR count). The molecule has 8 heteroatoms. The highest BCUT2D eigenvalue weighted by molar-refractivity contribution is 5.91. The van der Waals surface area contributed by atoms with Gasteiger partial charge in [0.1, 0.15) is 11.4 Å². The molecule has 1 N–H and O–H groups in total. The number of nitrogens with one attached hydrogen (secondary N) is 1. The Morgan fingerprint density at radius 2 is 2.25 bits per heavy atom. The van der Waals surface area contributed by atoms with E-state index in [2.05, 4.69) is 15.4 Å². The molecule has 3 aromatic rings. The number of ether oxygens (including phenoxy) is 2. The van der Waals surface area contributed by atoms with Gasteiger partial charge in [0.15, 0.2) is 5.82 Å². The zero-order valence-electron chi connectivity index (χ0n) is 18.9. The number of hydrogen-bond acceptors (Lipinski definition) is 6. The van der Waals surface area contributed by atoms with Crippen molar-refractivity contribution in [3.05, 3.63) is 41.3 Å². The van der Waals surface area contributed by atoms with Gasteiger partial charge < -0.3 is 14.8 Å². The Morgan fingerprint density at radius 1 is 1.39 bits per heavy atom. The topological polar surface area (TPSA) is 91.2 Å². The number of pyridine rings is 2. The van der Waals surface area contributed by atoms with Crippen molar-refractivity contribution >= 4 is 22.6 Å². The molecular weight excluding hydrogens is 358 g/mol. The molecule has 3 aromatic heterocycles. The lowest BCUT2D eigenvalue weighted by molar-refractivity contribution is -0.114. The summed E-state index contributed by atoms with van der Waals surface area (Å²) in [5, 5.41) is 7.70. The Balaban J connectivity index is 1.81. The number of nitrogens with zero attached hydrogens (tertiary/aromatic N) is 4. The normalized spacial score (nSPS) is 21.3. The molecular formula is C20H23N5O3. The molecule has 4 heterocycles. The lowest BCUT2D eigenvalue weighted by Crippen LogP contribution is -2.30. The Morgan fingerprint density at radius 3 is 2.96 bits per heavy atom. The van der Waals surface area contributed by atoms with Crippen LogP contribution >= 0.6 is 0 Å². The van der Waals surface area contributed by atoms with Crippen molar-refractivity contribution in [2.45, 2.75) is 32.7 Å². The summed E-state index contributed by atoms with van der Waals surface area (Å²) in [5.41, 5.74) is 2.50. The predicted molar refractivity (Wildman–Crippen MR) is 105 cm³/mol. The van der Waals surface area contributed by atoms with E-state index in [0.29, 0.717) is 31.0 Å². The van der Waals surface area contributed by atoms with Crippen molar-refractivity contribution in [1.29, 1.82) is 0 Å². The van der Waals surface area contributed by atoms with E-state index < -0.39 is 18.4 Å². The van der Waals surface area contributed by atoms with Crippen molar-refractivity contribution < 1.29 is 18.4 Å². The second kappa shape index (κ2) is 6.96. The van der Waals surface area contributed by atoms with Crippen LogP contribution in [-0.4, -0.2) is 46.0 Å². The number of carbonyl (C=O) groups is 1. The van der Waals surface area contributed by atoms with E-state index in [1.807, 2.05) is 26.0 Å². The fourth-order valence-corrected chi connectivity index (χ4v) is 3.52. The summed E-state index contributed by atoms with van der Waals surface area (Å²) in [7, 11) is 1.65. The van der Waals surface area contributed by atoms with Gasteiger partial charge >= 0.3 is 0 Å². The van der Waals surface area contributed by atoms with Crippen LogP contribution in [0.25, 0.3) is 16.7 Å². The van der Waals surface area contributed by atoms with E-state index in [9.17, 15) is 4.79 Å². The van der Waals surface area contributed by atoms with Gasteiger partial charge in [-0.05, 0) is 31.5 Å². The maximum atomic E-state index is 11.9. The minimum absolute atomic E-state index is 0.125. The lowest BCUT2D eigenvalue weighted by atomic mass is 9.97. The van der Waals surface area contributed by atoms with Crippen LogP contribution in [0.15, 0.2) is 24.4 Å². The van der Waals surface area contributed by atoms with Crippen LogP contribution < -0.4 is 5.32 Å². The van der Waals surface area contributed by atoms with E-state index in [1.54, 1.807) is 24.1 Å². The summed E-state index contributed by atoms with van der Waals surface area (Å²) in [5.74, 6) is -0.391. The van der Waals surface area contributed by atoms with Crippen LogP contribution in [0.4, 0.5) is 5.82 Å². The van der Waals surface area contributed by atoms with Gasteiger partial charge in [0.2, 0.25) is 5.91 Å². The van der Waals surface area contributed by atoms with Gasteiger partial charge in [-0.15, -0.1) is 0 Å². The number of aryl methyl sites for hydroxylation is 2. The number of rotatable bonds is 4. The number of carbonyl (C=O) groups excluding carboxylic acids is 1. The molecule has 146 valence electrons. The predicted octanol–water partition coefficient (Wildman–Crippen LogP) is 2.65. The molecule has 0 spiro atoms. The molecule has 0 saturated carbocycles. The monoisotopic (exact) mass is 384 g/mol. The molecule has 28 heavy (non-hydrogen) atoms. The van der Waals surface area contributed by atoms with Gasteiger partial charge in [0, 0.05) is 48.8 Å². The summed E-state index contributed by atoms with van der Waals surface area (Å²) in [4.78, 5) is 20.8. The molecule has 0 unspecified atom stereocenters. The summed E-state index contributed by atoms with van der Waals surface area (Å²) in [6.07, 6.45) is 2.26. The van der Waals surface area contributed by atoms with E-state index in [-0.39, 0.29) is 5.82 Å². The summed E-state index contributed by atoms with van der Waals surface area (Å²) in [6, 6.07) is 5.47. The second-order valence-corrected chi connectivity index (χ2v) is 6.93. The Kier molecular flexibility index (Phi) is 3.76. The van der Waals surface area contributed by atoms with Crippen LogP contribution in [0, 0.1) is 13.8 Å². The third kappa shape index (κ3) is 3.14. The van der Waals surface area contributed by atoms with E-state index in [0.717, 1.165) is 22.3 Å². The van der Waals surface area contributed by atoms with Crippen molar-refractivity contribution in [1.82, 2.24) is 19.7 Å². The average molecular weight is 384 g/mol. The molecule has 1 atom stereocenters. The molecule has 0 aliphatic carbocycles. The third-order valence-electron chi connectivity index (χ3n) is 5.01. The first-order valence-electron chi connectivity index (χ1n) is 10.4. The molecule has 0 bridgehead atoms. The van der Waals surface area contributed by atoms with Gasteiger partial charge in [-0.1, -0.05) is 0 Å². The van der Waals surface area contributed by atoms with Gasteiger partial charge in [-0.25, -0.2) is 14.6 Å². The highest BCUT2D eigenvalue weighted by atomic mass is 16.5. The van der Waals surface area contributed by atoms with Gasteiger partial charge in [0.25, 0.3) is 0 Å². The molecule has 0 radical (unpaired) electrons. The summed E-state index contributed by atoms with van der Waals surface area (Å²) >= 11 is 0. The number of methoxy groups -OCH3 is 1. The molecule has 1 aliphatic rings. The summed E-state index contributed by atoms with van der Waals surface area (Å²) in [6.45, 7) is 2.07. The maximum Gasteiger partial charge on any atom is 0.222 e. The summed E-state index contributed by atoms with van der Waals surface area (Å²) < 4.78 is 34.7. The Labute approximate surface area is 167 Å². The molecule has 1 aliphatic heterocycles. The van der Waals surface area contributed by atoms with Gasteiger partial charge in [-0.2, -0.15) is 5.10 Å². The standard InChI is InChI=1S/C20H23N5O3/c1-12-7-17(20(27-4)5-6-28-11-20)23-19(8-12)25-16-9-18(22-14(3)26)21-10-15(16)13(2)24-25/h7-10H,5-6,11H2,1-4H3,(H,21,22,26)/t20-/m0/s1/i3D3. The smallest absolute Gasteiger partial charge is 0.222 e. The van der Waals surface area contributed by atoms with Crippen molar-refractivity contribution in [2.24, 2.45) is 0 Å². The zero-order valence-corrected chi connectivity index (χ0v) is 15.9. The lowest BCUT2D eigenvalue weighted by Gasteiger charge is -2.26. The third-order valence-corrected chi connectivity index (χ3v) is 5.01.